The van der Waals surface area contributed by atoms with Gasteiger partial charge in [0, 0.05) is 23.2 Å². The zero-order valence-corrected chi connectivity index (χ0v) is 27.7. The number of carbonyl (C=O) groups is 3. The van der Waals surface area contributed by atoms with Crippen molar-refractivity contribution in [2.45, 2.75) is 16.3 Å². The summed E-state index contributed by atoms with van der Waals surface area (Å²) in [5.41, 5.74) is 5.05. The van der Waals surface area contributed by atoms with Crippen molar-refractivity contribution in [2.75, 3.05) is 17.6 Å². The van der Waals surface area contributed by atoms with Gasteiger partial charge >= 0.3 is 0 Å². The lowest BCUT2D eigenvalue weighted by atomic mass is 9.82. The molecule has 6 N–H and O–H groups in total. The van der Waals surface area contributed by atoms with Crippen LogP contribution in [0.4, 0.5) is 17.1 Å². The first-order valence-electron chi connectivity index (χ1n) is 13.9. The largest absolute Gasteiger partial charge is 0.397 e. The summed E-state index contributed by atoms with van der Waals surface area (Å²) in [6.07, 6.45) is 0. The minimum Gasteiger partial charge on any atom is -0.397 e. The molecule has 0 bridgehead atoms. The van der Waals surface area contributed by atoms with Crippen LogP contribution in [0.2, 0.25) is 10.3 Å². The number of rotatable bonds is 9. The molecule has 4 aromatic carbocycles. The fourth-order valence-corrected chi connectivity index (χ4v) is 6.96. The van der Waals surface area contributed by atoms with Gasteiger partial charge in [-0.05, 0) is 42.0 Å². The summed E-state index contributed by atoms with van der Waals surface area (Å²) in [7, 11) is -10.0. The third-order valence-corrected chi connectivity index (χ3v) is 10.0. The number of carbonyl (C=O) groups excluding carboxylic acids is 3. The van der Waals surface area contributed by atoms with Crippen LogP contribution in [-0.2, 0) is 26.8 Å². The number of hydrogen-bond donors (Lipinski definition) is 5. The Balaban J connectivity index is 1.30. The van der Waals surface area contributed by atoms with Crippen LogP contribution in [0.5, 0.6) is 0 Å². The number of hydrogen-bond acceptors (Lipinski definition) is 12. The zero-order chi connectivity index (χ0) is 35.4. The van der Waals surface area contributed by atoms with Crippen molar-refractivity contribution in [1.29, 1.82) is 0 Å². The Bertz CT molecular complexity index is 2510. The third-order valence-electron chi connectivity index (χ3n) is 7.59. The predicted octanol–water partition coefficient (Wildman–Crippen LogP) is 4.50. The number of nitrogens with zero attached hydrogens (tertiary/aromatic N) is 2. The molecule has 0 saturated carbocycles. The van der Waals surface area contributed by atoms with Crippen molar-refractivity contribution in [2.24, 2.45) is 0 Å². The number of aromatic nitrogens is 2. The standard InChI is InChI=1S/C31H21Cl2N5O9S2/c32-30-31(33)38-20-10-15(6-8-18(20)37-30)22(39)13-35-12-14-5-7-19(23(9-14)48(42,43)44)36-21-11-24(49(45,46)47)27(34)26-25(21)28(40)16-3-1-2-4-17(16)29(26)41/h1-11,35-36H,12-13,34H2,(H,42,43,44)(H,45,46,47). The smallest absolute Gasteiger partial charge is 0.296 e. The Kier molecular flexibility index (Phi) is 8.74. The molecule has 0 fully saturated rings. The topological polar surface area (TPSA) is 236 Å². The van der Waals surface area contributed by atoms with Crippen LogP contribution in [-0.4, -0.2) is 59.8 Å². The van der Waals surface area contributed by atoms with Crippen molar-refractivity contribution in [3.63, 3.8) is 0 Å². The van der Waals surface area contributed by atoms with Crippen LogP contribution < -0.4 is 16.4 Å². The molecular weight excluding hydrogens is 721 g/mol. The Hall–Kier alpha value is -4.81. The lowest BCUT2D eigenvalue weighted by Crippen LogP contribution is -2.25. The average Bonchev–Trinajstić information content (AvgIpc) is 3.04. The first-order valence-corrected chi connectivity index (χ1v) is 17.5. The number of Topliss-reactive ketones (excluding diaryl/α,β-unsaturated/α-hetero) is 1. The van der Waals surface area contributed by atoms with Gasteiger partial charge in [-0.3, -0.25) is 23.5 Å². The molecule has 0 atom stereocenters. The molecule has 6 rings (SSSR count). The number of nitrogen functional groups attached to an aromatic ring is 1. The van der Waals surface area contributed by atoms with E-state index in [1.165, 1.54) is 48.5 Å². The normalized spacial score (nSPS) is 12.9. The van der Waals surface area contributed by atoms with Crippen molar-refractivity contribution in [3.05, 3.63) is 110 Å². The van der Waals surface area contributed by atoms with Gasteiger partial charge in [0.15, 0.2) is 27.7 Å². The van der Waals surface area contributed by atoms with Gasteiger partial charge < -0.3 is 16.4 Å². The van der Waals surface area contributed by atoms with Gasteiger partial charge in [-0.15, -0.1) is 0 Å². The molecule has 0 unspecified atom stereocenters. The van der Waals surface area contributed by atoms with E-state index < -0.39 is 52.8 Å². The van der Waals surface area contributed by atoms with Gasteiger partial charge in [0.25, 0.3) is 20.2 Å². The summed E-state index contributed by atoms with van der Waals surface area (Å²) < 4.78 is 69.5. The van der Waals surface area contributed by atoms with E-state index >= 15 is 0 Å². The minimum atomic E-state index is -5.05. The molecule has 0 radical (unpaired) electrons. The fraction of sp³-hybridized carbons (Fsp3) is 0.0645. The van der Waals surface area contributed by atoms with Gasteiger partial charge in [-0.25, -0.2) is 9.97 Å². The molecule has 5 aromatic rings. The second kappa shape index (κ2) is 12.6. The monoisotopic (exact) mass is 741 g/mol. The van der Waals surface area contributed by atoms with Crippen LogP contribution in [0, 0.1) is 0 Å². The predicted molar refractivity (Wildman–Crippen MR) is 179 cm³/mol. The zero-order valence-electron chi connectivity index (χ0n) is 24.6. The molecular formula is C31H21Cl2N5O9S2. The van der Waals surface area contributed by atoms with Gasteiger partial charge in [0.05, 0.1) is 45.8 Å². The second-order valence-electron chi connectivity index (χ2n) is 10.7. The van der Waals surface area contributed by atoms with E-state index in [0.717, 1.165) is 12.1 Å². The van der Waals surface area contributed by atoms with Crippen molar-refractivity contribution < 1.29 is 40.3 Å². The highest BCUT2D eigenvalue weighted by molar-refractivity contribution is 7.86. The quantitative estimate of drug-likeness (QED) is 0.0779. The first-order chi connectivity index (χ1) is 23.0. The van der Waals surface area contributed by atoms with Crippen molar-refractivity contribution in [1.82, 2.24) is 15.3 Å². The highest BCUT2D eigenvalue weighted by Gasteiger charge is 2.37. The van der Waals surface area contributed by atoms with E-state index in [1.54, 1.807) is 6.07 Å². The highest BCUT2D eigenvalue weighted by Crippen LogP contribution is 2.41. The number of benzene rings is 4. The highest BCUT2D eigenvalue weighted by atomic mass is 35.5. The number of nitrogens with one attached hydrogen (secondary N) is 2. The molecule has 14 nitrogen and oxygen atoms in total. The van der Waals surface area contributed by atoms with Gasteiger partial charge in [-0.2, -0.15) is 16.8 Å². The molecule has 0 aliphatic heterocycles. The molecule has 1 aliphatic rings. The number of halogens is 2. The van der Waals surface area contributed by atoms with Crippen molar-refractivity contribution >= 4 is 88.9 Å². The molecule has 250 valence electrons. The van der Waals surface area contributed by atoms with E-state index in [1.807, 2.05) is 0 Å². The third kappa shape index (κ3) is 6.50. The van der Waals surface area contributed by atoms with E-state index in [9.17, 15) is 40.3 Å². The Morgan fingerprint density at radius 3 is 2.00 bits per heavy atom. The molecule has 0 amide bonds. The summed E-state index contributed by atoms with van der Waals surface area (Å²) in [6.45, 7) is -0.230. The minimum absolute atomic E-state index is 0.0159. The second-order valence-corrected chi connectivity index (χ2v) is 14.2. The molecule has 18 heteroatoms. The van der Waals surface area contributed by atoms with E-state index in [2.05, 4.69) is 20.6 Å². The van der Waals surface area contributed by atoms with Crippen LogP contribution in [0.15, 0.2) is 76.5 Å². The molecule has 1 aromatic heterocycles. The molecule has 1 heterocycles. The summed E-state index contributed by atoms with van der Waals surface area (Å²) in [5.74, 6) is -1.87. The van der Waals surface area contributed by atoms with Crippen LogP contribution in [0.25, 0.3) is 11.0 Å². The summed E-state index contributed by atoms with van der Waals surface area (Å²) in [5, 5.41) is 5.51. The molecule has 0 spiro atoms. The summed E-state index contributed by atoms with van der Waals surface area (Å²) in [4.78, 5) is 46.5. The van der Waals surface area contributed by atoms with Gasteiger partial charge in [0.2, 0.25) is 0 Å². The number of nitrogens with two attached hydrogens (primary N) is 1. The number of fused-ring (bicyclic) bond motifs is 3. The lowest BCUT2D eigenvalue weighted by Gasteiger charge is -2.24. The Morgan fingerprint density at radius 2 is 1.37 bits per heavy atom. The SMILES string of the molecule is Nc1c(S(=O)(=O)O)cc(Nc2ccc(CNCC(=O)c3ccc4nc(Cl)c(Cl)nc4c3)cc2S(=O)(=O)O)c2c1C(=O)c1ccccc1C2=O. The molecule has 49 heavy (non-hydrogen) atoms. The van der Waals surface area contributed by atoms with E-state index in [0.29, 0.717) is 16.6 Å². The molecule has 0 saturated heterocycles. The number of anilines is 3. The fourth-order valence-electron chi connectivity index (χ4n) is 5.35. The van der Waals surface area contributed by atoms with Crippen LogP contribution in [0.3, 0.4) is 0 Å². The Morgan fingerprint density at radius 1 is 0.755 bits per heavy atom. The van der Waals surface area contributed by atoms with E-state index in [4.69, 9.17) is 28.9 Å². The van der Waals surface area contributed by atoms with Crippen LogP contribution >= 0.6 is 23.2 Å². The summed E-state index contributed by atoms with van der Waals surface area (Å²) >= 11 is 11.8. The number of ketones is 3. The van der Waals surface area contributed by atoms with Gasteiger partial charge in [0.1, 0.15) is 9.79 Å². The molecule has 1 aliphatic carbocycles. The summed E-state index contributed by atoms with van der Waals surface area (Å²) in [6, 6.07) is 14.8. The lowest BCUT2D eigenvalue weighted by molar-refractivity contribution is 0.0980. The average molecular weight is 743 g/mol. The first kappa shape index (κ1) is 34.1. The maximum atomic E-state index is 13.6. The maximum Gasteiger partial charge on any atom is 0.296 e. The van der Waals surface area contributed by atoms with Crippen molar-refractivity contribution in [3.8, 4) is 0 Å². The van der Waals surface area contributed by atoms with Crippen LogP contribution in [0.1, 0.15) is 47.8 Å². The maximum absolute atomic E-state index is 13.6. The Labute approximate surface area is 287 Å². The van der Waals surface area contributed by atoms with Gasteiger partial charge in [-0.1, -0.05) is 53.5 Å². The van der Waals surface area contributed by atoms with E-state index in [-0.39, 0.29) is 62.8 Å².